The van der Waals surface area contributed by atoms with Crippen LogP contribution in [0, 0.1) is 0 Å². The van der Waals surface area contributed by atoms with Crippen molar-refractivity contribution in [3.63, 3.8) is 0 Å². The van der Waals surface area contributed by atoms with Crippen LogP contribution in [0.25, 0.3) is 0 Å². The van der Waals surface area contributed by atoms with Gasteiger partial charge in [-0.1, -0.05) is 60.7 Å². The Balaban J connectivity index is 2.00. The SMILES string of the molecule is C[C@H](NC(=O)[C@H](Cc1ccccc1)NC(=O)OCc1ccccc1)C(=O)O. The Kier molecular flexibility index (Phi) is 7.37. The summed E-state index contributed by atoms with van der Waals surface area (Å²) in [5.74, 6) is -1.75. The Hall–Kier alpha value is -3.35. The molecule has 7 heteroatoms. The Morgan fingerprint density at radius 2 is 1.48 bits per heavy atom. The van der Waals surface area contributed by atoms with Crippen LogP contribution < -0.4 is 10.6 Å². The molecule has 2 rings (SSSR count). The summed E-state index contributed by atoms with van der Waals surface area (Å²) in [5.41, 5.74) is 1.64. The number of nitrogens with one attached hydrogen (secondary N) is 2. The summed E-state index contributed by atoms with van der Waals surface area (Å²) < 4.78 is 5.15. The molecule has 0 aliphatic heterocycles. The van der Waals surface area contributed by atoms with E-state index in [-0.39, 0.29) is 13.0 Å². The van der Waals surface area contributed by atoms with Crippen LogP contribution in [0.3, 0.4) is 0 Å². The fraction of sp³-hybridized carbons (Fsp3) is 0.250. The van der Waals surface area contributed by atoms with Crippen LogP contribution in [0.5, 0.6) is 0 Å². The first-order valence-corrected chi connectivity index (χ1v) is 8.50. The zero-order valence-electron chi connectivity index (χ0n) is 14.9. The molecule has 0 bridgehead atoms. The normalized spacial score (nSPS) is 12.5. The summed E-state index contributed by atoms with van der Waals surface area (Å²) in [6.07, 6.45) is -0.544. The van der Waals surface area contributed by atoms with Gasteiger partial charge in [0, 0.05) is 6.42 Å². The van der Waals surface area contributed by atoms with Gasteiger partial charge in [-0.3, -0.25) is 9.59 Å². The number of aliphatic carboxylic acids is 1. The van der Waals surface area contributed by atoms with Gasteiger partial charge in [0.2, 0.25) is 5.91 Å². The average molecular weight is 370 g/mol. The van der Waals surface area contributed by atoms with Crippen LogP contribution in [0.4, 0.5) is 4.79 Å². The molecule has 2 aromatic rings. The van der Waals surface area contributed by atoms with Crippen LogP contribution in [0.15, 0.2) is 60.7 Å². The van der Waals surface area contributed by atoms with Crippen molar-refractivity contribution >= 4 is 18.0 Å². The highest BCUT2D eigenvalue weighted by Crippen LogP contribution is 2.06. The van der Waals surface area contributed by atoms with Gasteiger partial charge >= 0.3 is 12.1 Å². The van der Waals surface area contributed by atoms with Crippen molar-refractivity contribution in [3.8, 4) is 0 Å². The Morgan fingerprint density at radius 1 is 0.926 bits per heavy atom. The number of alkyl carbamates (subject to hydrolysis) is 1. The average Bonchev–Trinajstić information content (AvgIpc) is 2.67. The van der Waals surface area contributed by atoms with E-state index >= 15 is 0 Å². The van der Waals surface area contributed by atoms with Crippen molar-refractivity contribution < 1.29 is 24.2 Å². The molecule has 0 fully saturated rings. The van der Waals surface area contributed by atoms with E-state index in [1.165, 1.54) is 6.92 Å². The van der Waals surface area contributed by atoms with Crippen molar-refractivity contribution in [2.45, 2.75) is 32.0 Å². The second-order valence-electron chi connectivity index (χ2n) is 6.02. The number of carboxylic acid groups (broad SMARTS) is 1. The van der Waals surface area contributed by atoms with E-state index in [0.29, 0.717) is 0 Å². The van der Waals surface area contributed by atoms with E-state index in [4.69, 9.17) is 9.84 Å². The fourth-order valence-corrected chi connectivity index (χ4v) is 2.34. The maximum atomic E-state index is 12.4. The maximum Gasteiger partial charge on any atom is 0.408 e. The molecule has 0 aliphatic rings. The summed E-state index contributed by atoms with van der Waals surface area (Å²) in [4.78, 5) is 35.5. The summed E-state index contributed by atoms with van der Waals surface area (Å²) in [6.45, 7) is 1.42. The lowest BCUT2D eigenvalue weighted by molar-refractivity contribution is -0.141. The van der Waals surface area contributed by atoms with Crippen LogP contribution in [0.2, 0.25) is 0 Å². The molecular weight excluding hydrogens is 348 g/mol. The van der Waals surface area contributed by atoms with Crippen LogP contribution in [-0.2, 0) is 27.4 Å². The first-order chi connectivity index (χ1) is 13.0. The van der Waals surface area contributed by atoms with Crippen molar-refractivity contribution in [2.75, 3.05) is 0 Å². The van der Waals surface area contributed by atoms with Crippen molar-refractivity contribution in [3.05, 3.63) is 71.8 Å². The summed E-state index contributed by atoms with van der Waals surface area (Å²) in [5, 5.41) is 13.9. The standard InChI is InChI=1S/C20H22N2O5/c1-14(19(24)25)21-18(23)17(12-15-8-4-2-5-9-15)22-20(26)27-13-16-10-6-3-7-11-16/h2-11,14,17H,12-13H2,1H3,(H,21,23)(H,22,26)(H,24,25)/t14-,17-/m0/s1. The molecule has 0 radical (unpaired) electrons. The molecule has 2 atom stereocenters. The lowest BCUT2D eigenvalue weighted by Gasteiger charge is -2.20. The quantitative estimate of drug-likeness (QED) is 0.660. The van der Waals surface area contributed by atoms with Crippen LogP contribution in [-0.4, -0.2) is 35.2 Å². The number of rotatable bonds is 8. The highest BCUT2D eigenvalue weighted by atomic mass is 16.5. The molecule has 0 aliphatic carbocycles. The molecule has 2 amide bonds. The molecule has 0 saturated carbocycles. The van der Waals surface area contributed by atoms with E-state index in [1.807, 2.05) is 60.7 Å². The highest BCUT2D eigenvalue weighted by Gasteiger charge is 2.25. The number of carbonyl (C=O) groups excluding carboxylic acids is 2. The lowest BCUT2D eigenvalue weighted by atomic mass is 10.1. The number of carboxylic acids is 1. The highest BCUT2D eigenvalue weighted by molar-refractivity contribution is 5.89. The third-order valence-electron chi connectivity index (χ3n) is 3.83. The molecule has 7 nitrogen and oxygen atoms in total. The molecule has 3 N–H and O–H groups in total. The Labute approximate surface area is 157 Å². The zero-order chi connectivity index (χ0) is 19.6. The molecule has 0 spiro atoms. The minimum absolute atomic E-state index is 0.0673. The van der Waals surface area contributed by atoms with Gasteiger partial charge in [0.1, 0.15) is 18.7 Å². The molecule has 0 saturated heterocycles. The van der Waals surface area contributed by atoms with Crippen LogP contribution >= 0.6 is 0 Å². The van der Waals surface area contributed by atoms with Gasteiger partial charge in [-0.2, -0.15) is 0 Å². The smallest absolute Gasteiger partial charge is 0.408 e. The van der Waals surface area contributed by atoms with E-state index < -0.39 is 30.1 Å². The number of hydrogen-bond donors (Lipinski definition) is 3. The first-order valence-electron chi connectivity index (χ1n) is 8.50. The summed E-state index contributed by atoms with van der Waals surface area (Å²) in [6, 6.07) is 16.2. The molecule has 142 valence electrons. The third-order valence-corrected chi connectivity index (χ3v) is 3.83. The lowest BCUT2D eigenvalue weighted by Crippen LogP contribution is -2.51. The topological polar surface area (TPSA) is 105 Å². The second-order valence-corrected chi connectivity index (χ2v) is 6.02. The van der Waals surface area contributed by atoms with Gasteiger partial charge < -0.3 is 20.5 Å². The largest absolute Gasteiger partial charge is 0.480 e. The number of amides is 2. The van der Waals surface area contributed by atoms with Crippen molar-refractivity contribution in [1.82, 2.24) is 10.6 Å². The van der Waals surface area contributed by atoms with E-state index in [9.17, 15) is 14.4 Å². The van der Waals surface area contributed by atoms with Gasteiger partial charge in [0.05, 0.1) is 0 Å². The Bertz CT molecular complexity index is 764. The van der Waals surface area contributed by atoms with Crippen molar-refractivity contribution in [1.29, 1.82) is 0 Å². The molecule has 0 unspecified atom stereocenters. The number of benzene rings is 2. The predicted octanol–water partition coefficient (Wildman–Crippen LogP) is 2.11. The second kappa shape index (κ2) is 9.96. The number of ether oxygens (including phenoxy) is 1. The molecule has 0 aromatic heterocycles. The number of hydrogen-bond acceptors (Lipinski definition) is 4. The van der Waals surface area contributed by atoms with Crippen molar-refractivity contribution in [2.24, 2.45) is 0 Å². The fourth-order valence-electron chi connectivity index (χ4n) is 2.34. The first kappa shape index (κ1) is 20.0. The minimum atomic E-state index is -1.16. The van der Waals surface area contributed by atoms with E-state index in [1.54, 1.807) is 0 Å². The zero-order valence-corrected chi connectivity index (χ0v) is 14.9. The summed E-state index contributed by atoms with van der Waals surface area (Å²) in [7, 11) is 0. The molecule has 2 aromatic carbocycles. The van der Waals surface area contributed by atoms with Crippen LogP contribution in [0.1, 0.15) is 18.1 Å². The molecule has 27 heavy (non-hydrogen) atoms. The van der Waals surface area contributed by atoms with E-state index in [0.717, 1.165) is 11.1 Å². The summed E-state index contributed by atoms with van der Waals surface area (Å²) >= 11 is 0. The van der Waals surface area contributed by atoms with Gasteiger partial charge in [0.15, 0.2) is 0 Å². The van der Waals surface area contributed by atoms with E-state index in [2.05, 4.69) is 10.6 Å². The maximum absolute atomic E-state index is 12.4. The molecular formula is C20H22N2O5. The monoisotopic (exact) mass is 370 g/mol. The van der Waals surface area contributed by atoms with Gasteiger partial charge in [-0.25, -0.2) is 4.79 Å². The third kappa shape index (κ3) is 6.81. The molecule has 0 heterocycles. The Morgan fingerprint density at radius 3 is 2.04 bits per heavy atom. The van der Waals surface area contributed by atoms with Gasteiger partial charge in [0.25, 0.3) is 0 Å². The predicted molar refractivity (Wildman–Crippen MR) is 98.9 cm³/mol. The number of carbonyl (C=O) groups is 3. The van der Waals surface area contributed by atoms with Gasteiger partial charge in [-0.15, -0.1) is 0 Å². The van der Waals surface area contributed by atoms with Gasteiger partial charge in [-0.05, 0) is 18.1 Å². The minimum Gasteiger partial charge on any atom is -0.480 e.